The molecule has 3 aromatic carbocycles. The minimum Gasteiger partial charge on any atom is -0.474 e. The maximum absolute atomic E-state index is 13.5. The highest BCUT2D eigenvalue weighted by Gasteiger charge is 2.22. The zero-order chi connectivity index (χ0) is 27.7. The number of para-hydroxylation sites is 1. The fraction of sp³-hybridized carbons (Fsp3) is 0.0769. The average Bonchev–Trinajstić information content (AvgIpc) is 3.34. The van der Waals surface area contributed by atoms with Crippen LogP contribution in [0.3, 0.4) is 0 Å². The van der Waals surface area contributed by atoms with Crippen molar-refractivity contribution >= 4 is 67.3 Å². The number of methoxy groups -OCH3 is 1. The summed E-state index contributed by atoms with van der Waals surface area (Å²) in [4.78, 5) is 40.6. The molecule has 0 spiro atoms. The quantitative estimate of drug-likeness (QED) is 0.101. The Labute approximate surface area is 232 Å². The van der Waals surface area contributed by atoms with Crippen molar-refractivity contribution < 1.29 is 23.6 Å². The van der Waals surface area contributed by atoms with Crippen molar-refractivity contribution in [2.24, 2.45) is 5.10 Å². The third-order valence-corrected chi connectivity index (χ3v) is 6.40. The molecule has 0 aliphatic heterocycles. The summed E-state index contributed by atoms with van der Waals surface area (Å²) < 4.78 is 17.0. The molecule has 2 aromatic heterocycles. The predicted molar refractivity (Wildman–Crippen MR) is 148 cm³/mol. The van der Waals surface area contributed by atoms with Gasteiger partial charge in [-0.2, -0.15) is 9.78 Å². The van der Waals surface area contributed by atoms with Crippen LogP contribution in [0.25, 0.3) is 33.5 Å². The van der Waals surface area contributed by atoms with Crippen molar-refractivity contribution in [2.45, 2.75) is 0 Å². The van der Waals surface area contributed by atoms with Gasteiger partial charge in [-0.1, -0.05) is 23.7 Å². The number of hydrogen-bond donors (Lipinski definition) is 0. The third kappa shape index (κ3) is 5.24. The fourth-order valence-corrected chi connectivity index (χ4v) is 4.54. The lowest BCUT2D eigenvalue weighted by Gasteiger charge is -2.09. The van der Waals surface area contributed by atoms with E-state index in [1.165, 1.54) is 25.5 Å². The fourth-order valence-electron chi connectivity index (χ4n) is 3.78. The number of benzene rings is 3. The number of hydrogen-bond acceptors (Lipinski definition) is 9. The summed E-state index contributed by atoms with van der Waals surface area (Å²) in [5.41, 5.74) is 0.341. The molecular weight excluding hydrogens is 596 g/mol. The molecule has 0 fully saturated rings. The number of nitrogens with zero attached hydrogens (tertiary/aromatic N) is 4. The first-order chi connectivity index (χ1) is 18.7. The topological polar surface area (TPSA) is 139 Å². The first kappa shape index (κ1) is 26.1. The van der Waals surface area contributed by atoms with Gasteiger partial charge in [-0.15, -0.1) is 0 Å². The van der Waals surface area contributed by atoms with Crippen LogP contribution in [0.1, 0.15) is 5.56 Å². The predicted octanol–water partition coefficient (Wildman–Crippen LogP) is 5.57. The van der Waals surface area contributed by atoms with Crippen molar-refractivity contribution in [1.29, 1.82) is 0 Å². The van der Waals surface area contributed by atoms with E-state index in [9.17, 15) is 19.7 Å². The lowest BCUT2D eigenvalue weighted by molar-refractivity contribution is -0.385. The second-order valence-corrected chi connectivity index (χ2v) is 9.37. The third-order valence-electron chi connectivity index (χ3n) is 5.58. The second kappa shape index (κ2) is 10.7. The maximum atomic E-state index is 13.5. The minimum atomic E-state index is -0.703. The molecule has 2 heterocycles. The van der Waals surface area contributed by atoms with Crippen LogP contribution in [0.4, 0.5) is 5.69 Å². The molecule has 0 amide bonds. The van der Waals surface area contributed by atoms with Gasteiger partial charge in [-0.05, 0) is 58.4 Å². The zero-order valence-corrected chi connectivity index (χ0v) is 22.3. The Kier molecular flexibility index (Phi) is 7.13. The Bertz CT molecular complexity index is 1870. The first-order valence-corrected chi connectivity index (χ1v) is 12.4. The Morgan fingerprint density at radius 2 is 2.03 bits per heavy atom. The molecular formula is C26H16BrClN4O7. The number of halogens is 2. The van der Waals surface area contributed by atoms with Crippen LogP contribution in [0, 0.1) is 10.1 Å². The smallest absolute Gasteiger partial charge is 0.343 e. The monoisotopic (exact) mass is 610 g/mol. The molecule has 196 valence electrons. The maximum Gasteiger partial charge on any atom is 0.343 e. The summed E-state index contributed by atoms with van der Waals surface area (Å²) in [6, 6.07) is 16.3. The van der Waals surface area contributed by atoms with Crippen molar-refractivity contribution in [3.63, 3.8) is 0 Å². The van der Waals surface area contributed by atoms with Gasteiger partial charge in [0.25, 0.3) is 5.56 Å². The number of furan rings is 1. The molecule has 0 saturated carbocycles. The highest BCUT2D eigenvalue weighted by Crippen LogP contribution is 2.36. The molecule has 0 unspecified atom stereocenters. The molecule has 0 saturated heterocycles. The number of rotatable bonds is 7. The summed E-state index contributed by atoms with van der Waals surface area (Å²) in [6.45, 7) is -0.520. The summed E-state index contributed by atoms with van der Waals surface area (Å²) in [7, 11) is 1.17. The van der Waals surface area contributed by atoms with Gasteiger partial charge in [0, 0.05) is 22.0 Å². The molecule has 0 bridgehead atoms. The van der Waals surface area contributed by atoms with Crippen LogP contribution in [-0.4, -0.2) is 40.5 Å². The number of ether oxygens (including phenoxy) is 2. The van der Waals surface area contributed by atoms with E-state index >= 15 is 0 Å². The van der Waals surface area contributed by atoms with E-state index in [0.717, 1.165) is 4.68 Å². The van der Waals surface area contributed by atoms with E-state index in [1.54, 1.807) is 48.5 Å². The largest absolute Gasteiger partial charge is 0.474 e. The molecule has 0 N–H and O–H groups in total. The van der Waals surface area contributed by atoms with E-state index in [1.807, 2.05) is 0 Å². The molecule has 39 heavy (non-hydrogen) atoms. The van der Waals surface area contributed by atoms with Gasteiger partial charge in [0.15, 0.2) is 12.4 Å². The molecule has 11 nitrogen and oxygen atoms in total. The van der Waals surface area contributed by atoms with Crippen molar-refractivity contribution in [3.05, 3.63) is 96.2 Å². The van der Waals surface area contributed by atoms with Crippen LogP contribution in [0.5, 0.6) is 5.75 Å². The van der Waals surface area contributed by atoms with E-state index in [2.05, 4.69) is 30.8 Å². The molecule has 13 heteroatoms. The number of esters is 1. The van der Waals surface area contributed by atoms with E-state index in [-0.39, 0.29) is 27.4 Å². The Morgan fingerprint density at radius 3 is 2.79 bits per heavy atom. The van der Waals surface area contributed by atoms with Gasteiger partial charge in [-0.3, -0.25) is 14.9 Å². The van der Waals surface area contributed by atoms with Gasteiger partial charge < -0.3 is 13.9 Å². The summed E-state index contributed by atoms with van der Waals surface area (Å²) >= 11 is 9.35. The number of carbonyl (C=O) groups is 1. The molecule has 0 aliphatic carbocycles. The number of aromatic nitrogens is 2. The molecule has 5 aromatic rings. The molecule has 5 rings (SSSR count). The standard InChI is InChI=1S/C26H16BrClN4O7/c1-37-23(33)13-38-24-18(27)8-14(9-20(24)32(35)36)12-29-31-25(30-19-5-3-2-4-17(19)26(31)34)22-11-15-10-16(28)6-7-21(15)39-22/h2-12H,13H2,1H3. The average molecular weight is 612 g/mol. The lowest BCUT2D eigenvalue weighted by Crippen LogP contribution is -2.20. The normalized spacial score (nSPS) is 11.4. The van der Waals surface area contributed by atoms with E-state index in [0.29, 0.717) is 26.9 Å². The van der Waals surface area contributed by atoms with Gasteiger partial charge >= 0.3 is 11.7 Å². The number of nitro benzene ring substituents is 1. The minimum absolute atomic E-state index is 0.119. The van der Waals surface area contributed by atoms with Crippen LogP contribution in [0.2, 0.25) is 5.02 Å². The summed E-state index contributed by atoms with van der Waals surface area (Å²) in [5.74, 6) is -0.473. The van der Waals surface area contributed by atoms with Crippen LogP contribution in [0.15, 0.2) is 79.4 Å². The van der Waals surface area contributed by atoms with Crippen LogP contribution < -0.4 is 10.3 Å². The van der Waals surface area contributed by atoms with Gasteiger partial charge in [0.2, 0.25) is 11.6 Å². The van der Waals surface area contributed by atoms with E-state index < -0.39 is 28.7 Å². The lowest BCUT2D eigenvalue weighted by atomic mass is 10.2. The molecule has 0 radical (unpaired) electrons. The number of carbonyl (C=O) groups excluding carboxylic acids is 1. The van der Waals surface area contributed by atoms with Crippen molar-refractivity contribution in [3.8, 4) is 17.3 Å². The second-order valence-electron chi connectivity index (χ2n) is 8.08. The number of nitro groups is 1. The highest BCUT2D eigenvalue weighted by molar-refractivity contribution is 9.10. The Balaban J connectivity index is 1.63. The summed E-state index contributed by atoms with van der Waals surface area (Å²) in [5, 5.41) is 17.6. The van der Waals surface area contributed by atoms with Crippen molar-refractivity contribution in [1.82, 2.24) is 9.66 Å². The van der Waals surface area contributed by atoms with Crippen LogP contribution >= 0.6 is 27.5 Å². The molecule has 0 aliphatic rings. The van der Waals surface area contributed by atoms with E-state index in [4.69, 9.17) is 20.8 Å². The Hall–Kier alpha value is -4.55. The van der Waals surface area contributed by atoms with Gasteiger partial charge in [0.1, 0.15) is 5.58 Å². The Morgan fingerprint density at radius 1 is 1.23 bits per heavy atom. The van der Waals surface area contributed by atoms with Gasteiger partial charge in [-0.25, -0.2) is 9.78 Å². The first-order valence-electron chi connectivity index (χ1n) is 11.2. The molecule has 0 atom stereocenters. The SMILES string of the molecule is COC(=O)COc1c(Br)cc(C=Nn2c(-c3cc4cc(Cl)ccc4o3)nc3ccccc3c2=O)cc1[N+](=O)[O-]. The van der Waals surface area contributed by atoms with Crippen LogP contribution in [-0.2, 0) is 9.53 Å². The van der Waals surface area contributed by atoms with Crippen molar-refractivity contribution in [2.75, 3.05) is 13.7 Å². The zero-order valence-electron chi connectivity index (χ0n) is 20.0. The number of fused-ring (bicyclic) bond motifs is 2. The highest BCUT2D eigenvalue weighted by atomic mass is 79.9. The van der Waals surface area contributed by atoms with Gasteiger partial charge in [0.05, 0.1) is 33.6 Å². The summed E-state index contributed by atoms with van der Waals surface area (Å²) in [6.07, 6.45) is 1.27.